The predicted molar refractivity (Wildman–Crippen MR) is 76.1 cm³/mol. The van der Waals surface area contributed by atoms with Crippen LogP contribution in [0.5, 0.6) is 0 Å². The number of unbranched alkanes of at least 4 members (excludes halogenated alkanes) is 2. The molecule has 0 saturated carbocycles. The molecule has 1 nitrogen and oxygen atoms in total. The van der Waals surface area contributed by atoms with E-state index in [4.69, 9.17) is 0 Å². The minimum absolute atomic E-state index is 0.738. The van der Waals surface area contributed by atoms with E-state index in [9.17, 15) is 0 Å². The zero-order valence-corrected chi connectivity index (χ0v) is 11.7. The van der Waals surface area contributed by atoms with Crippen LogP contribution in [0.2, 0.25) is 0 Å². The van der Waals surface area contributed by atoms with Crippen molar-refractivity contribution >= 4 is 0 Å². The van der Waals surface area contributed by atoms with Gasteiger partial charge in [-0.2, -0.15) is 0 Å². The Hall–Kier alpha value is -0.820. The molecule has 1 unspecified atom stereocenters. The van der Waals surface area contributed by atoms with Gasteiger partial charge < -0.3 is 0 Å². The number of hydrogen-bond acceptors (Lipinski definition) is 1. The molecule has 0 aliphatic rings. The summed E-state index contributed by atoms with van der Waals surface area (Å²) in [5, 5.41) is 0. The van der Waals surface area contributed by atoms with Gasteiger partial charge in [-0.3, -0.25) is 4.90 Å². The smallest absolute Gasteiger partial charge is 0.0233 e. The molecule has 0 aliphatic heterocycles. The molecule has 0 bridgehead atoms. The Bertz CT molecular complexity index is 281. The Morgan fingerprint density at radius 3 is 2.35 bits per heavy atom. The molecular formula is C16H27N. The summed E-state index contributed by atoms with van der Waals surface area (Å²) in [6.07, 6.45) is 6.66. The third-order valence-corrected chi connectivity index (χ3v) is 3.51. The molecule has 1 aromatic carbocycles. The van der Waals surface area contributed by atoms with Gasteiger partial charge in [-0.1, -0.05) is 63.4 Å². The number of nitrogens with zero attached hydrogens (tertiary/aromatic N) is 1. The van der Waals surface area contributed by atoms with Crippen molar-refractivity contribution in [2.45, 2.75) is 58.5 Å². The number of benzene rings is 1. The molecule has 1 aromatic rings. The van der Waals surface area contributed by atoms with Gasteiger partial charge in [0.15, 0.2) is 0 Å². The molecule has 1 heteroatoms. The van der Waals surface area contributed by atoms with E-state index in [-0.39, 0.29) is 0 Å². The fraction of sp³-hybridized carbons (Fsp3) is 0.625. The first-order chi connectivity index (χ1) is 8.27. The lowest BCUT2D eigenvalue weighted by Gasteiger charge is -2.27. The van der Waals surface area contributed by atoms with Gasteiger partial charge in [-0.15, -0.1) is 0 Å². The van der Waals surface area contributed by atoms with E-state index in [2.05, 4.69) is 56.1 Å². The summed E-state index contributed by atoms with van der Waals surface area (Å²) >= 11 is 0. The zero-order valence-electron chi connectivity index (χ0n) is 11.7. The van der Waals surface area contributed by atoms with Crippen molar-refractivity contribution in [2.75, 3.05) is 7.05 Å². The fourth-order valence-electron chi connectivity index (χ4n) is 2.37. The van der Waals surface area contributed by atoms with Gasteiger partial charge in [-0.25, -0.2) is 0 Å². The topological polar surface area (TPSA) is 3.24 Å². The van der Waals surface area contributed by atoms with Crippen LogP contribution in [0.25, 0.3) is 0 Å². The van der Waals surface area contributed by atoms with Crippen LogP contribution < -0.4 is 0 Å². The maximum Gasteiger partial charge on any atom is 0.0233 e. The molecule has 0 heterocycles. The first-order valence-electron chi connectivity index (χ1n) is 7.02. The Balaban J connectivity index is 2.40. The van der Waals surface area contributed by atoms with Crippen molar-refractivity contribution in [3.05, 3.63) is 35.9 Å². The summed E-state index contributed by atoms with van der Waals surface area (Å²) < 4.78 is 0. The highest BCUT2D eigenvalue weighted by atomic mass is 15.1. The third-order valence-electron chi connectivity index (χ3n) is 3.51. The molecule has 0 aromatic heterocycles. The maximum absolute atomic E-state index is 2.50. The van der Waals surface area contributed by atoms with Crippen LogP contribution in [0.3, 0.4) is 0 Å². The molecule has 0 radical (unpaired) electrons. The molecule has 96 valence electrons. The number of hydrogen-bond donors (Lipinski definition) is 0. The molecule has 0 spiro atoms. The van der Waals surface area contributed by atoms with Crippen LogP contribution in [-0.4, -0.2) is 18.0 Å². The third kappa shape index (κ3) is 5.36. The predicted octanol–water partition coefficient (Wildman–Crippen LogP) is 4.48. The van der Waals surface area contributed by atoms with Crippen LogP contribution in [0.4, 0.5) is 0 Å². The van der Waals surface area contributed by atoms with Crippen molar-refractivity contribution < 1.29 is 0 Å². The van der Waals surface area contributed by atoms with E-state index in [0.29, 0.717) is 0 Å². The van der Waals surface area contributed by atoms with Crippen LogP contribution in [0.15, 0.2) is 30.3 Å². The summed E-state index contributed by atoms with van der Waals surface area (Å²) in [6.45, 7) is 5.65. The van der Waals surface area contributed by atoms with Gasteiger partial charge >= 0.3 is 0 Å². The van der Waals surface area contributed by atoms with E-state index in [1.807, 2.05) is 0 Å². The first kappa shape index (κ1) is 14.2. The molecule has 0 N–H and O–H groups in total. The van der Waals surface area contributed by atoms with Gasteiger partial charge in [0, 0.05) is 12.6 Å². The SMILES string of the molecule is CCCCCC(CC)N(C)Cc1ccccc1. The summed E-state index contributed by atoms with van der Waals surface area (Å²) in [4.78, 5) is 2.50. The molecule has 1 rings (SSSR count). The number of rotatable bonds is 8. The second kappa shape index (κ2) is 8.30. The van der Waals surface area contributed by atoms with Gasteiger partial charge in [0.2, 0.25) is 0 Å². The first-order valence-corrected chi connectivity index (χ1v) is 7.02. The maximum atomic E-state index is 2.50. The minimum atomic E-state index is 0.738. The molecule has 0 saturated heterocycles. The summed E-state index contributed by atoms with van der Waals surface area (Å²) in [5.41, 5.74) is 1.42. The van der Waals surface area contributed by atoms with E-state index in [1.165, 1.54) is 37.7 Å². The van der Waals surface area contributed by atoms with Crippen molar-refractivity contribution in [3.63, 3.8) is 0 Å². The summed E-state index contributed by atoms with van der Waals surface area (Å²) in [5.74, 6) is 0. The largest absolute Gasteiger partial charge is 0.299 e. The van der Waals surface area contributed by atoms with Crippen molar-refractivity contribution in [1.82, 2.24) is 4.90 Å². The average Bonchev–Trinajstić information content (AvgIpc) is 2.36. The van der Waals surface area contributed by atoms with E-state index in [1.54, 1.807) is 0 Å². The van der Waals surface area contributed by atoms with Crippen molar-refractivity contribution in [2.24, 2.45) is 0 Å². The van der Waals surface area contributed by atoms with Crippen LogP contribution >= 0.6 is 0 Å². The molecule has 0 amide bonds. The standard InChI is InChI=1S/C16H27N/c1-4-6-8-13-16(5-2)17(3)14-15-11-9-7-10-12-15/h7,9-12,16H,4-6,8,13-14H2,1-3H3. The molecular weight excluding hydrogens is 206 g/mol. The van der Waals surface area contributed by atoms with Gasteiger partial charge in [-0.05, 0) is 25.5 Å². The Morgan fingerprint density at radius 2 is 1.76 bits per heavy atom. The van der Waals surface area contributed by atoms with E-state index < -0.39 is 0 Å². The van der Waals surface area contributed by atoms with E-state index >= 15 is 0 Å². The van der Waals surface area contributed by atoms with E-state index in [0.717, 1.165) is 12.6 Å². The van der Waals surface area contributed by atoms with Crippen LogP contribution in [0, 0.1) is 0 Å². The highest BCUT2D eigenvalue weighted by molar-refractivity contribution is 5.14. The summed E-state index contributed by atoms with van der Waals surface area (Å²) in [7, 11) is 2.26. The normalized spacial score (nSPS) is 12.9. The second-order valence-electron chi connectivity index (χ2n) is 4.96. The second-order valence-corrected chi connectivity index (χ2v) is 4.96. The van der Waals surface area contributed by atoms with Crippen molar-refractivity contribution in [1.29, 1.82) is 0 Å². The fourth-order valence-corrected chi connectivity index (χ4v) is 2.37. The zero-order chi connectivity index (χ0) is 12.5. The lowest BCUT2D eigenvalue weighted by atomic mass is 10.0. The van der Waals surface area contributed by atoms with Gasteiger partial charge in [0.05, 0.1) is 0 Å². The Kier molecular flexibility index (Phi) is 6.95. The monoisotopic (exact) mass is 233 g/mol. The minimum Gasteiger partial charge on any atom is -0.299 e. The lowest BCUT2D eigenvalue weighted by Crippen LogP contribution is -2.30. The van der Waals surface area contributed by atoms with Gasteiger partial charge in [0.25, 0.3) is 0 Å². The van der Waals surface area contributed by atoms with Crippen LogP contribution in [-0.2, 0) is 6.54 Å². The van der Waals surface area contributed by atoms with Gasteiger partial charge in [0.1, 0.15) is 0 Å². The molecule has 1 atom stereocenters. The Morgan fingerprint density at radius 1 is 1.06 bits per heavy atom. The average molecular weight is 233 g/mol. The summed E-state index contributed by atoms with van der Waals surface area (Å²) in [6, 6.07) is 11.5. The quantitative estimate of drug-likeness (QED) is 0.598. The van der Waals surface area contributed by atoms with Crippen molar-refractivity contribution in [3.8, 4) is 0 Å². The Labute approximate surface area is 107 Å². The highest BCUT2D eigenvalue weighted by Gasteiger charge is 2.12. The molecule has 17 heavy (non-hydrogen) atoms. The lowest BCUT2D eigenvalue weighted by molar-refractivity contribution is 0.212. The highest BCUT2D eigenvalue weighted by Crippen LogP contribution is 2.14. The molecule has 0 fully saturated rings. The van der Waals surface area contributed by atoms with Crippen LogP contribution in [0.1, 0.15) is 51.5 Å². The molecule has 0 aliphatic carbocycles.